The summed E-state index contributed by atoms with van der Waals surface area (Å²) in [6.07, 6.45) is 1.38. The van der Waals surface area contributed by atoms with Crippen molar-refractivity contribution in [2.24, 2.45) is 0 Å². The van der Waals surface area contributed by atoms with Crippen LogP contribution in [0.5, 0.6) is 0 Å². The van der Waals surface area contributed by atoms with E-state index in [1.54, 1.807) is 30.3 Å². The lowest BCUT2D eigenvalue weighted by atomic mass is 10.1. The molecule has 1 heterocycles. The number of sulfonamides is 1. The Hall–Kier alpha value is -0.890. The summed E-state index contributed by atoms with van der Waals surface area (Å²) in [6.45, 7) is 0.124. The number of anilines is 1. The molecule has 2 rings (SSSR count). The van der Waals surface area contributed by atoms with Crippen LogP contribution in [0.2, 0.25) is 0 Å². The molecule has 0 saturated heterocycles. The smallest absolute Gasteiger partial charge is 0.271 e. The molecule has 1 aromatic heterocycles. The van der Waals surface area contributed by atoms with E-state index in [9.17, 15) is 8.42 Å². The van der Waals surface area contributed by atoms with Crippen molar-refractivity contribution in [3.05, 3.63) is 45.7 Å². The fraction of sp³-hybridized carbons (Fsp3) is 0.231. The van der Waals surface area contributed by atoms with Gasteiger partial charge in [-0.15, -0.1) is 11.3 Å². The third-order valence-corrected chi connectivity index (χ3v) is 6.11. The van der Waals surface area contributed by atoms with Crippen LogP contribution in [-0.2, 0) is 16.4 Å². The number of benzene rings is 1. The van der Waals surface area contributed by atoms with Gasteiger partial charge in [-0.05, 0) is 58.6 Å². The Morgan fingerprint density at radius 2 is 2.05 bits per heavy atom. The summed E-state index contributed by atoms with van der Waals surface area (Å²) >= 11 is 4.42. The first kappa shape index (κ1) is 15.5. The van der Waals surface area contributed by atoms with Crippen LogP contribution in [0.4, 0.5) is 5.69 Å². The van der Waals surface area contributed by atoms with E-state index in [1.807, 2.05) is 6.07 Å². The van der Waals surface area contributed by atoms with Crippen molar-refractivity contribution in [2.75, 3.05) is 11.3 Å². The van der Waals surface area contributed by atoms with Crippen LogP contribution >= 0.6 is 27.3 Å². The quantitative estimate of drug-likeness (QED) is 0.814. The van der Waals surface area contributed by atoms with Crippen LogP contribution in [0.1, 0.15) is 12.0 Å². The van der Waals surface area contributed by atoms with E-state index in [4.69, 9.17) is 5.11 Å². The summed E-state index contributed by atoms with van der Waals surface area (Å²) in [5.74, 6) is 0. The average Bonchev–Trinajstić information content (AvgIpc) is 2.84. The number of thiophene rings is 1. The van der Waals surface area contributed by atoms with Crippen molar-refractivity contribution in [1.29, 1.82) is 0 Å². The first-order valence-electron chi connectivity index (χ1n) is 5.99. The van der Waals surface area contributed by atoms with Gasteiger partial charge in [0.15, 0.2) is 0 Å². The molecule has 0 fully saturated rings. The monoisotopic (exact) mass is 375 g/mol. The van der Waals surface area contributed by atoms with E-state index in [-0.39, 0.29) is 10.8 Å². The summed E-state index contributed by atoms with van der Waals surface area (Å²) in [6, 6.07) is 10.5. The first-order valence-corrected chi connectivity index (χ1v) is 9.08. The molecule has 20 heavy (non-hydrogen) atoms. The Bertz CT molecular complexity index is 682. The van der Waals surface area contributed by atoms with Gasteiger partial charge in [0, 0.05) is 12.3 Å². The van der Waals surface area contributed by atoms with Crippen LogP contribution in [-0.4, -0.2) is 20.1 Å². The van der Waals surface area contributed by atoms with E-state index < -0.39 is 10.0 Å². The lowest BCUT2D eigenvalue weighted by Crippen LogP contribution is -2.11. The van der Waals surface area contributed by atoms with E-state index in [2.05, 4.69) is 20.7 Å². The summed E-state index contributed by atoms with van der Waals surface area (Å²) in [5.41, 5.74) is 1.52. The van der Waals surface area contributed by atoms with Gasteiger partial charge in [-0.25, -0.2) is 8.42 Å². The number of nitrogens with one attached hydrogen (secondary N) is 1. The Kier molecular flexibility index (Phi) is 5.20. The fourth-order valence-corrected chi connectivity index (χ4v) is 4.78. The molecule has 0 aliphatic heterocycles. The minimum absolute atomic E-state index is 0.124. The molecular weight excluding hydrogens is 362 g/mol. The van der Waals surface area contributed by atoms with Gasteiger partial charge in [0.2, 0.25) is 0 Å². The molecule has 4 nitrogen and oxygen atoms in total. The van der Waals surface area contributed by atoms with Crippen LogP contribution < -0.4 is 4.72 Å². The van der Waals surface area contributed by atoms with Crippen LogP contribution in [0.15, 0.2) is 44.4 Å². The lowest BCUT2D eigenvalue weighted by molar-refractivity contribution is 0.288. The van der Waals surface area contributed by atoms with Gasteiger partial charge in [0.05, 0.1) is 3.79 Å². The van der Waals surface area contributed by atoms with Crippen molar-refractivity contribution < 1.29 is 13.5 Å². The molecule has 0 aliphatic carbocycles. The molecular formula is C13H14BrNO3S2. The highest BCUT2D eigenvalue weighted by molar-refractivity contribution is 9.11. The number of aryl methyl sites for hydroxylation is 1. The predicted octanol–water partition coefficient (Wildman–Crippen LogP) is 3.24. The first-order chi connectivity index (χ1) is 9.51. The predicted molar refractivity (Wildman–Crippen MR) is 84.7 cm³/mol. The molecule has 0 amide bonds. The molecule has 0 unspecified atom stereocenters. The third kappa shape index (κ3) is 4.05. The molecule has 0 bridgehead atoms. The number of hydrogen-bond acceptors (Lipinski definition) is 4. The number of halogens is 1. The largest absolute Gasteiger partial charge is 0.396 e. The number of aliphatic hydroxyl groups excluding tert-OH is 1. The van der Waals surface area contributed by atoms with Gasteiger partial charge in [-0.2, -0.15) is 0 Å². The van der Waals surface area contributed by atoms with Gasteiger partial charge in [-0.3, -0.25) is 4.72 Å². The van der Waals surface area contributed by atoms with E-state index >= 15 is 0 Å². The standard InChI is InChI=1S/C13H14BrNO3S2/c14-12-6-7-13(19-12)20(17,18)15-11-5-1-3-10(9-11)4-2-8-16/h1,3,5-7,9,15-16H,2,4,8H2. The SMILES string of the molecule is O=S(=O)(Nc1cccc(CCCO)c1)c1ccc(Br)s1. The van der Waals surface area contributed by atoms with Gasteiger partial charge < -0.3 is 5.11 Å². The highest BCUT2D eigenvalue weighted by Crippen LogP contribution is 2.27. The van der Waals surface area contributed by atoms with Gasteiger partial charge in [0.1, 0.15) is 4.21 Å². The van der Waals surface area contributed by atoms with E-state index in [0.29, 0.717) is 12.1 Å². The number of rotatable bonds is 6. The Labute approximate surface area is 130 Å². The van der Waals surface area contributed by atoms with Gasteiger partial charge in [-0.1, -0.05) is 12.1 Å². The normalized spacial score (nSPS) is 11.5. The highest BCUT2D eigenvalue weighted by atomic mass is 79.9. The minimum atomic E-state index is -3.54. The molecule has 108 valence electrons. The zero-order valence-electron chi connectivity index (χ0n) is 10.5. The molecule has 2 aromatic rings. The molecule has 2 N–H and O–H groups in total. The molecule has 1 aromatic carbocycles. The second-order valence-electron chi connectivity index (χ2n) is 4.19. The van der Waals surface area contributed by atoms with Gasteiger partial charge >= 0.3 is 0 Å². The van der Waals surface area contributed by atoms with E-state index in [1.165, 1.54) is 11.3 Å². The van der Waals surface area contributed by atoms with Crippen LogP contribution in [0, 0.1) is 0 Å². The zero-order valence-corrected chi connectivity index (χ0v) is 13.8. The summed E-state index contributed by atoms with van der Waals surface area (Å²) in [5, 5.41) is 8.82. The maximum Gasteiger partial charge on any atom is 0.271 e. The Balaban J connectivity index is 2.17. The lowest BCUT2D eigenvalue weighted by Gasteiger charge is -2.08. The minimum Gasteiger partial charge on any atom is -0.396 e. The van der Waals surface area contributed by atoms with Crippen molar-refractivity contribution >= 4 is 43.0 Å². The van der Waals surface area contributed by atoms with Crippen molar-refractivity contribution in [3.8, 4) is 0 Å². The van der Waals surface area contributed by atoms with E-state index in [0.717, 1.165) is 15.8 Å². The second-order valence-corrected chi connectivity index (χ2v) is 8.56. The maximum atomic E-state index is 12.2. The maximum absolute atomic E-state index is 12.2. The topological polar surface area (TPSA) is 66.4 Å². The summed E-state index contributed by atoms with van der Waals surface area (Å²) in [4.78, 5) is 0. The zero-order chi connectivity index (χ0) is 14.6. The molecule has 0 aliphatic rings. The molecule has 0 spiro atoms. The van der Waals surface area contributed by atoms with Crippen LogP contribution in [0.25, 0.3) is 0 Å². The molecule has 0 atom stereocenters. The highest BCUT2D eigenvalue weighted by Gasteiger charge is 2.16. The van der Waals surface area contributed by atoms with Gasteiger partial charge in [0.25, 0.3) is 10.0 Å². The third-order valence-electron chi connectivity index (χ3n) is 2.62. The fourth-order valence-electron chi connectivity index (χ4n) is 1.72. The molecule has 0 saturated carbocycles. The Morgan fingerprint density at radius 3 is 2.70 bits per heavy atom. The molecule has 7 heteroatoms. The number of aliphatic hydroxyl groups is 1. The Morgan fingerprint density at radius 1 is 1.25 bits per heavy atom. The van der Waals surface area contributed by atoms with Crippen molar-refractivity contribution in [1.82, 2.24) is 0 Å². The van der Waals surface area contributed by atoms with Crippen molar-refractivity contribution in [3.63, 3.8) is 0 Å². The van der Waals surface area contributed by atoms with Crippen LogP contribution in [0.3, 0.4) is 0 Å². The second kappa shape index (κ2) is 6.71. The molecule has 0 radical (unpaired) electrons. The summed E-state index contributed by atoms with van der Waals surface area (Å²) < 4.78 is 28.0. The van der Waals surface area contributed by atoms with Crippen molar-refractivity contribution in [2.45, 2.75) is 17.1 Å². The summed E-state index contributed by atoms with van der Waals surface area (Å²) in [7, 11) is -3.54. The average molecular weight is 376 g/mol. The number of hydrogen-bond donors (Lipinski definition) is 2.